The van der Waals surface area contributed by atoms with E-state index in [1.54, 1.807) is 36.4 Å². The number of carbonyl (C=O) groups is 3. The molecule has 150 valence electrons. The third-order valence-electron chi connectivity index (χ3n) is 4.09. The quantitative estimate of drug-likeness (QED) is 0.553. The lowest BCUT2D eigenvalue weighted by atomic mass is 10.1. The minimum atomic E-state index is -0.370. The second-order valence-corrected chi connectivity index (χ2v) is 7.35. The number of furan rings is 1. The van der Waals surface area contributed by atoms with Crippen molar-refractivity contribution in [2.75, 3.05) is 11.9 Å². The topological polar surface area (TPSA) is 100 Å². The second kappa shape index (κ2) is 9.20. The number of anilines is 1. The van der Waals surface area contributed by atoms with E-state index in [0.29, 0.717) is 22.0 Å². The van der Waals surface area contributed by atoms with Crippen molar-refractivity contribution in [1.29, 1.82) is 0 Å². The fraction of sp³-hybridized carbons (Fsp3) is 0.190. The van der Waals surface area contributed by atoms with Crippen LogP contribution >= 0.6 is 11.3 Å². The molecule has 0 radical (unpaired) electrons. The number of amides is 3. The van der Waals surface area contributed by atoms with Gasteiger partial charge in [-0.25, -0.2) is 0 Å². The van der Waals surface area contributed by atoms with Gasteiger partial charge in [0.05, 0.1) is 16.1 Å². The van der Waals surface area contributed by atoms with Gasteiger partial charge in [0, 0.05) is 18.7 Å². The first-order valence-corrected chi connectivity index (χ1v) is 9.90. The van der Waals surface area contributed by atoms with Crippen LogP contribution in [0.5, 0.6) is 0 Å². The predicted octanol–water partition coefficient (Wildman–Crippen LogP) is 3.58. The Morgan fingerprint density at radius 1 is 1.00 bits per heavy atom. The van der Waals surface area contributed by atoms with E-state index in [9.17, 15) is 14.4 Å². The number of rotatable bonds is 7. The molecule has 29 heavy (non-hydrogen) atoms. The van der Waals surface area contributed by atoms with Crippen LogP contribution in [0.15, 0.2) is 53.1 Å². The van der Waals surface area contributed by atoms with Crippen LogP contribution in [-0.4, -0.2) is 24.3 Å². The van der Waals surface area contributed by atoms with Crippen LogP contribution in [0.3, 0.4) is 0 Å². The number of hydrogen-bond donors (Lipinski definition) is 3. The Kier molecular flexibility index (Phi) is 6.46. The smallest absolute Gasteiger partial charge is 0.291 e. The second-order valence-electron chi connectivity index (χ2n) is 6.30. The van der Waals surface area contributed by atoms with Gasteiger partial charge < -0.3 is 20.4 Å². The summed E-state index contributed by atoms with van der Waals surface area (Å²) in [7, 11) is 0. The molecular weight excluding hydrogens is 390 g/mol. The monoisotopic (exact) mass is 411 g/mol. The van der Waals surface area contributed by atoms with Crippen LogP contribution in [0.1, 0.15) is 48.6 Å². The lowest BCUT2D eigenvalue weighted by Crippen LogP contribution is -2.24. The average Bonchev–Trinajstić information content (AvgIpc) is 3.36. The molecule has 1 aromatic carbocycles. The molecule has 0 atom stereocenters. The third-order valence-corrected chi connectivity index (χ3v) is 5.24. The van der Waals surface area contributed by atoms with E-state index in [-0.39, 0.29) is 30.0 Å². The van der Waals surface area contributed by atoms with Crippen molar-refractivity contribution >= 4 is 34.1 Å². The van der Waals surface area contributed by atoms with Crippen molar-refractivity contribution in [2.24, 2.45) is 0 Å². The third kappa shape index (κ3) is 5.11. The molecule has 0 fully saturated rings. The molecule has 0 unspecified atom stereocenters. The molecule has 0 aliphatic heterocycles. The van der Waals surface area contributed by atoms with Gasteiger partial charge in [0.1, 0.15) is 0 Å². The summed E-state index contributed by atoms with van der Waals surface area (Å²) in [6, 6.07) is 12.1. The van der Waals surface area contributed by atoms with E-state index in [1.165, 1.54) is 17.6 Å². The van der Waals surface area contributed by atoms with Crippen molar-refractivity contribution in [3.8, 4) is 0 Å². The lowest BCUT2D eigenvalue weighted by molar-refractivity contribution is 0.0949. The standard InChI is InChI=1S/C21H21N3O4S/c1-3-22-19(25)15-7-4-6-14(11-15)12-23-21(27)18-13(2)10-17(29-18)24-20(26)16-8-5-9-28-16/h4-11H,3,12H2,1-2H3,(H,22,25)(H,23,27)(H,24,26). The van der Waals surface area contributed by atoms with Crippen LogP contribution in [0.2, 0.25) is 0 Å². The van der Waals surface area contributed by atoms with Gasteiger partial charge in [-0.05, 0) is 55.3 Å². The maximum absolute atomic E-state index is 12.6. The summed E-state index contributed by atoms with van der Waals surface area (Å²) < 4.78 is 5.07. The summed E-state index contributed by atoms with van der Waals surface area (Å²) in [6.45, 7) is 4.51. The van der Waals surface area contributed by atoms with Crippen LogP contribution in [-0.2, 0) is 6.54 Å². The molecule has 3 aromatic rings. The van der Waals surface area contributed by atoms with Gasteiger partial charge in [-0.3, -0.25) is 14.4 Å². The molecule has 0 aliphatic carbocycles. The zero-order valence-corrected chi connectivity index (χ0v) is 16.9. The first-order chi connectivity index (χ1) is 14.0. The Morgan fingerprint density at radius 2 is 1.83 bits per heavy atom. The number of aryl methyl sites for hydroxylation is 1. The van der Waals surface area contributed by atoms with E-state index in [0.717, 1.165) is 11.1 Å². The molecule has 0 bridgehead atoms. The average molecular weight is 411 g/mol. The van der Waals surface area contributed by atoms with E-state index in [2.05, 4.69) is 16.0 Å². The molecule has 7 nitrogen and oxygen atoms in total. The Balaban J connectivity index is 1.63. The number of thiophene rings is 1. The van der Waals surface area contributed by atoms with Crippen LogP contribution in [0, 0.1) is 6.92 Å². The molecule has 8 heteroatoms. The van der Waals surface area contributed by atoms with Gasteiger partial charge in [-0.1, -0.05) is 12.1 Å². The fourth-order valence-corrected chi connectivity index (χ4v) is 3.68. The zero-order valence-electron chi connectivity index (χ0n) is 16.1. The Labute approximate surface area is 172 Å². The molecule has 3 rings (SSSR count). The number of hydrogen-bond acceptors (Lipinski definition) is 5. The lowest BCUT2D eigenvalue weighted by Gasteiger charge is -2.07. The van der Waals surface area contributed by atoms with E-state index < -0.39 is 0 Å². The fourth-order valence-electron chi connectivity index (χ4n) is 2.70. The maximum atomic E-state index is 12.6. The van der Waals surface area contributed by atoms with Gasteiger partial charge in [0.25, 0.3) is 17.7 Å². The van der Waals surface area contributed by atoms with E-state index in [1.807, 2.05) is 19.9 Å². The highest BCUT2D eigenvalue weighted by Gasteiger charge is 2.16. The van der Waals surface area contributed by atoms with Crippen molar-refractivity contribution in [3.05, 3.63) is 76.1 Å². The first-order valence-electron chi connectivity index (χ1n) is 9.08. The zero-order chi connectivity index (χ0) is 20.8. The molecule has 0 saturated carbocycles. The molecule has 3 N–H and O–H groups in total. The van der Waals surface area contributed by atoms with Crippen LogP contribution in [0.25, 0.3) is 0 Å². The molecular formula is C21H21N3O4S. The molecule has 2 aromatic heterocycles. The highest BCUT2D eigenvalue weighted by molar-refractivity contribution is 7.18. The molecule has 0 saturated heterocycles. The van der Waals surface area contributed by atoms with Crippen LogP contribution in [0.4, 0.5) is 5.00 Å². The predicted molar refractivity (Wildman–Crippen MR) is 111 cm³/mol. The van der Waals surface area contributed by atoms with Gasteiger partial charge in [0.2, 0.25) is 0 Å². The van der Waals surface area contributed by atoms with Gasteiger partial charge in [0.15, 0.2) is 5.76 Å². The van der Waals surface area contributed by atoms with Gasteiger partial charge in [-0.2, -0.15) is 0 Å². The van der Waals surface area contributed by atoms with Crippen molar-refractivity contribution < 1.29 is 18.8 Å². The summed E-state index contributed by atoms with van der Waals surface area (Å²) in [5, 5.41) is 8.90. The van der Waals surface area contributed by atoms with Gasteiger partial charge >= 0.3 is 0 Å². The number of benzene rings is 1. The highest BCUT2D eigenvalue weighted by atomic mass is 32.1. The van der Waals surface area contributed by atoms with E-state index >= 15 is 0 Å². The Morgan fingerprint density at radius 3 is 2.55 bits per heavy atom. The highest BCUT2D eigenvalue weighted by Crippen LogP contribution is 2.27. The van der Waals surface area contributed by atoms with Crippen molar-refractivity contribution in [3.63, 3.8) is 0 Å². The SMILES string of the molecule is CCNC(=O)c1cccc(CNC(=O)c2sc(NC(=O)c3ccco3)cc2C)c1. The number of nitrogens with one attached hydrogen (secondary N) is 3. The minimum Gasteiger partial charge on any atom is -0.459 e. The molecule has 2 heterocycles. The normalized spacial score (nSPS) is 10.4. The van der Waals surface area contributed by atoms with Crippen molar-refractivity contribution in [2.45, 2.75) is 20.4 Å². The number of carbonyl (C=O) groups excluding carboxylic acids is 3. The van der Waals surface area contributed by atoms with Crippen molar-refractivity contribution in [1.82, 2.24) is 10.6 Å². The summed E-state index contributed by atoms with van der Waals surface area (Å²) in [5.74, 6) is -0.555. The summed E-state index contributed by atoms with van der Waals surface area (Å²) >= 11 is 1.19. The molecule has 0 spiro atoms. The summed E-state index contributed by atoms with van der Waals surface area (Å²) in [4.78, 5) is 37.1. The summed E-state index contributed by atoms with van der Waals surface area (Å²) in [6.07, 6.45) is 1.42. The van der Waals surface area contributed by atoms with Gasteiger partial charge in [-0.15, -0.1) is 11.3 Å². The minimum absolute atomic E-state index is 0.147. The van der Waals surface area contributed by atoms with Crippen LogP contribution < -0.4 is 16.0 Å². The Hall–Kier alpha value is -3.39. The van der Waals surface area contributed by atoms with E-state index in [4.69, 9.17) is 4.42 Å². The first kappa shape index (κ1) is 20.3. The molecule has 3 amide bonds. The maximum Gasteiger partial charge on any atom is 0.291 e. The summed E-state index contributed by atoms with van der Waals surface area (Å²) in [5.41, 5.74) is 2.13. The largest absolute Gasteiger partial charge is 0.459 e. The molecule has 0 aliphatic rings. The Bertz CT molecular complexity index is 1020.